The molecule has 0 aromatic heterocycles. The van der Waals surface area contributed by atoms with Crippen molar-refractivity contribution in [3.05, 3.63) is 56.5 Å². The Bertz CT molecular complexity index is 694. The molecule has 0 aliphatic heterocycles. The summed E-state index contributed by atoms with van der Waals surface area (Å²) in [5.41, 5.74) is 4.28. The van der Waals surface area contributed by atoms with Gasteiger partial charge in [0.2, 0.25) is 0 Å². The van der Waals surface area contributed by atoms with Crippen LogP contribution >= 0.6 is 55.1 Å². The zero-order valence-electron chi connectivity index (χ0n) is 13.3. The summed E-state index contributed by atoms with van der Waals surface area (Å²) in [5, 5.41) is 0. The van der Waals surface area contributed by atoms with Gasteiger partial charge in [-0.25, -0.2) is 0 Å². The fourth-order valence-electron chi connectivity index (χ4n) is 2.33. The fourth-order valence-corrected chi connectivity index (χ4v) is 4.01. The van der Waals surface area contributed by atoms with Crippen LogP contribution in [-0.4, -0.2) is 31.1 Å². The number of benzene rings is 2. The van der Waals surface area contributed by atoms with Crippen molar-refractivity contribution in [2.75, 3.05) is 29.7 Å². The number of alkyl halides is 2. The molecule has 0 spiro atoms. The van der Waals surface area contributed by atoms with Gasteiger partial charge < -0.3 is 4.90 Å². The monoisotopic (exact) mass is 490 g/mol. The Morgan fingerprint density at radius 3 is 2.17 bits per heavy atom. The molecule has 0 atom stereocenters. The van der Waals surface area contributed by atoms with Crippen molar-refractivity contribution < 1.29 is 0 Å². The van der Waals surface area contributed by atoms with Gasteiger partial charge in [0, 0.05) is 45.7 Å². The number of hydrogen-bond acceptors (Lipinski definition) is 2. The van der Waals surface area contributed by atoms with E-state index in [0.29, 0.717) is 11.8 Å². The molecule has 0 heterocycles. The molecule has 0 aliphatic rings. The summed E-state index contributed by atoms with van der Waals surface area (Å²) in [6, 6.07) is 12.3. The number of hydrogen-bond donors (Lipinski definition) is 0. The molecule has 2 nitrogen and oxygen atoms in total. The van der Waals surface area contributed by atoms with Crippen LogP contribution in [0.1, 0.15) is 11.1 Å². The van der Waals surface area contributed by atoms with E-state index in [0.717, 1.165) is 39.0 Å². The van der Waals surface area contributed by atoms with Gasteiger partial charge in [0.1, 0.15) is 0 Å². The highest BCUT2D eigenvalue weighted by Crippen LogP contribution is 2.25. The van der Waals surface area contributed by atoms with Crippen LogP contribution in [0.3, 0.4) is 0 Å². The number of anilines is 1. The molecule has 2 rings (SSSR count). The van der Waals surface area contributed by atoms with Gasteiger partial charge >= 0.3 is 0 Å². The van der Waals surface area contributed by atoms with E-state index in [-0.39, 0.29) is 0 Å². The number of aliphatic imine (C=N–C) groups is 1. The SMILES string of the molecule is Cc1cc(N(CCCl)CCCl)ccc1C=Nc1cc(Br)cc(Br)c1. The second-order valence-corrected chi connectivity index (χ2v) is 7.88. The van der Waals surface area contributed by atoms with E-state index in [1.54, 1.807) is 0 Å². The molecule has 2 aromatic carbocycles. The first-order chi connectivity index (χ1) is 11.5. The molecule has 24 heavy (non-hydrogen) atoms. The molecular weight excluding hydrogens is 475 g/mol. The van der Waals surface area contributed by atoms with E-state index >= 15 is 0 Å². The molecule has 6 heteroatoms. The average molecular weight is 493 g/mol. The minimum absolute atomic E-state index is 0.580. The number of rotatable bonds is 7. The predicted molar refractivity (Wildman–Crippen MR) is 114 cm³/mol. The zero-order chi connectivity index (χ0) is 17.5. The van der Waals surface area contributed by atoms with Crippen molar-refractivity contribution >= 4 is 72.7 Å². The summed E-state index contributed by atoms with van der Waals surface area (Å²) in [7, 11) is 0. The van der Waals surface area contributed by atoms with Gasteiger partial charge in [-0.3, -0.25) is 4.99 Å². The van der Waals surface area contributed by atoms with E-state index < -0.39 is 0 Å². The third-order valence-electron chi connectivity index (χ3n) is 3.53. The fraction of sp³-hybridized carbons (Fsp3) is 0.278. The Labute approximate surface area is 170 Å². The molecule has 0 amide bonds. The first-order valence-electron chi connectivity index (χ1n) is 7.51. The molecule has 0 aliphatic carbocycles. The van der Waals surface area contributed by atoms with Gasteiger partial charge in [0.25, 0.3) is 0 Å². The van der Waals surface area contributed by atoms with Crippen molar-refractivity contribution in [2.45, 2.75) is 6.92 Å². The van der Waals surface area contributed by atoms with E-state index in [1.807, 2.05) is 24.4 Å². The zero-order valence-corrected chi connectivity index (χ0v) is 18.0. The lowest BCUT2D eigenvalue weighted by molar-refractivity contribution is 0.873. The maximum atomic E-state index is 5.88. The highest BCUT2D eigenvalue weighted by Gasteiger charge is 2.07. The van der Waals surface area contributed by atoms with Crippen molar-refractivity contribution in [3.8, 4) is 0 Å². The Morgan fingerprint density at radius 1 is 1.00 bits per heavy atom. The minimum Gasteiger partial charge on any atom is -0.369 e. The second-order valence-electron chi connectivity index (χ2n) is 5.29. The van der Waals surface area contributed by atoms with Crippen LogP contribution in [0, 0.1) is 6.92 Å². The van der Waals surface area contributed by atoms with Gasteiger partial charge in [-0.1, -0.05) is 37.9 Å². The van der Waals surface area contributed by atoms with E-state index in [2.05, 4.69) is 66.9 Å². The number of halogens is 4. The molecular formula is C18H18Br2Cl2N2. The smallest absolute Gasteiger partial charge is 0.0652 e. The summed E-state index contributed by atoms with van der Waals surface area (Å²) in [5.74, 6) is 1.16. The molecule has 0 saturated heterocycles. The van der Waals surface area contributed by atoms with Gasteiger partial charge in [-0.2, -0.15) is 0 Å². The first kappa shape index (κ1) is 19.8. The van der Waals surface area contributed by atoms with Crippen LogP contribution in [-0.2, 0) is 0 Å². The normalized spacial score (nSPS) is 11.2. The van der Waals surface area contributed by atoms with E-state index in [4.69, 9.17) is 23.2 Å². The van der Waals surface area contributed by atoms with Crippen LogP contribution in [0.25, 0.3) is 0 Å². The average Bonchev–Trinajstić information content (AvgIpc) is 2.52. The summed E-state index contributed by atoms with van der Waals surface area (Å²) in [6.45, 7) is 3.65. The van der Waals surface area contributed by atoms with Gasteiger partial charge in [0.15, 0.2) is 0 Å². The van der Waals surface area contributed by atoms with Crippen molar-refractivity contribution in [2.24, 2.45) is 4.99 Å². The lowest BCUT2D eigenvalue weighted by Crippen LogP contribution is -2.27. The minimum atomic E-state index is 0.580. The summed E-state index contributed by atoms with van der Waals surface area (Å²) in [6.07, 6.45) is 1.89. The molecule has 0 radical (unpaired) electrons. The molecule has 0 N–H and O–H groups in total. The second kappa shape index (κ2) is 9.81. The van der Waals surface area contributed by atoms with Crippen molar-refractivity contribution in [3.63, 3.8) is 0 Å². The van der Waals surface area contributed by atoms with Crippen molar-refractivity contribution in [1.29, 1.82) is 0 Å². The summed E-state index contributed by atoms with van der Waals surface area (Å²) in [4.78, 5) is 6.76. The maximum Gasteiger partial charge on any atom is 0.0652 e. The largest absolute Gasteiger partial charge is 0.369 e. The third kappa shape index (κ3) is 5.76. The lowest BCUT2D eigenvalue weighted by atomic mass is 10.1. The Morgan fingerprint density at radius 2 is 1.62 bits per heavy atom. The lowest BCUT2D eigenvalue weighted by Gasteiger charge is -2.23. The Hall–Kier alpha value is -0.550. The van der Waals surface area contributed by atoms with E-state index in [1.165, 1.54) is 5.56 Å². The number of nitrogens with zero attached hydrogens (tertiary/aromatic N) is 2. The standard InChI is InChI=1S/C18H18Br2Cl2N2/c1-13-8-18(24(6-4-21)7-5-22)3-2-14(13)12-23-17-10-15(19)9-16(20)11-17/h2-3,8-12H,4-7H2,1H3. The quantitative estimate of drug-likeness (QED) is 0.316. The molecule has 0 saturated carbocycles. The third-order valence-corrected chi connectivity index (χ3v) is 4.78. The van der Waals surface area contributed by atoms with Crippen LogP contribution in [0.15, 0.2) is 50.3 Å². The van der Waals surface area contributed by atoms with Gasteiger partial charge in [-0.05, 0) is 48.4 Å². The number of aryl methyl sites for hydroxylation is 1. The van der Waals surface area contributed by atoms with Crippen LogP contribution in [0.4, 0.5) is 11.4 Å². The van der Waals surface area contributed by atoms with Gasteiger partial charge in [0.05, 0.1) is 5.69 Å². The highest BCUT2D eigenvalue weighted by molar-refractivity contribution is 9.11. The molecule has 0 fully saturated rings. The molecule has 0 bridgehead atoms. The summed E-state index contributed by atoms with van der Waals surface area (Å²) < 4.78 is 1.99. The van der Waals surface area contributed by atoms with Crippen molar-refractivity contribution in [1.82, 2.24) is 0 Å². The highest BCUT2D eigenvalue weighted by atomic mass is 79.9. The van der Waals surface area contributed by atoms with Crippen LogP contribution in [0.5, 0.6) is 0 Å². The summed E-state index contributed by atoms with van der Waals surface area (Å²) >= 11 is 18.7. The maximum absolute atomic E-state index is 5.88. The Balaban J connectivity index is 2.21. The van der Waals surface area contributed by atoms with Crippen LogP contribution in [0.2, 0.25) is 0 Å². The van der Waals surface area contributed by atoms with E-state index in [9.17, 15) is 0 Å². The molecule has 2 aromatic rings. The molecule has 0 unspecified atom stereocenters. The van der Waals surface area contributed by atoms with Gasteiger partial charge in [-0.15, -0.1) is 23.2 Å². The predicted octanol–water partition coefficient (Wildman–Crippen LogP) is 6.55. The molecule has 128 valence electrons. The van der Waals surface area contributed by atoms with Crippen LogP contribution < -0.4 is 4.90 Å². The topological polar surface area (TPSA) is 15.6 Å². The first-order valence-corrected chi connectivity index (χ1v) is 10.2. The Kier molecular flexibility index (Phi) is 8.08.